The Morgan fingerprint density at radius 2 is 1.79 bits per heavy atom. The van der Waals surface area contributed by atoms with Crippen LogP contribution in [-0.4, -0.2) is 42.0 Å². The lowest BCUT2D eigenvalue weighted by Crippen LogP contribution is -2.45. The fourth-order valence-corrected chi connectivity index (χ4v) is 4.29. The van der Waals surface area contributed by atoms with Crippen molar-refractivity contribution in [3.63, 3.8) is 0 Å². The quantitative estimate of drug-likeness (QED) is 0.812. The van der Waals surface area contributed by atoms with E-state index in [1.165, 1.54) is 7.11 Å². The molecular formula is C22H32N2O4. The van der Waals surface area contributed by atoms with Crippen molar-refractivity contribution < 1.29 is 19.4 Å². The van der Waals surface area contributed by atoms with E-state index in [4.69, 9.17) is 4.74 Å². The van der Waals surface area contributed by atoms with Gasteiger partial charge >= 0.3 is 0 Å². The number of benzene rings is 1. The van der Waals surface area contributed by atoms with Crippen molar-refractivity contribution in [2.45, 2.75) is 52.0 Å². The first-order chi connectivity index (χ1) is 13.5. The van der Waals surface area contributed by atoms with Gasteiger partial charge in [0, 0.05) is 31.5 Å². The highest BCUT2D eigenvalue weighted by Crippen LogP contribution is 2.31. The summed E-state index contributed by atoms with van der Waals surface area (Å²) in [4.78, 5) is 27.2. The Bertz CT molecular complexity index is 690. The number of amides is 2. The Morgan fingerprint density at radius 1 is 1.11 bits per heavy atom. The van der Waals surface area contributed by atoms with Gasteiger partial charge in [-0.05, 0) is 62.1 Å². The predicted molar refractivity (Wildman–Crippen MR) is 107 cm³/mol. The third-order valence-electron chi connectivity index (χ3n) is 6.25. The van der Waals surface area contributed by atoms with E-state index < -0.39 is 0 Å². The molecule has 1 heterocycles. The molecule has 0 atom stereocenters. The second kappa shape index (κ2) is 9.30. The zero-order chi connectivity index (χ0) is 20.1. The van der Waals surface area contributed by atoms with Crippen molar-refractivity contribution >= 4 is 11.8 Å². The van der Waals surface area contributed by atoms with Gasteiger partial charge in [-0.1, -0.05) is 13.0 Å². The average Bonchev–Trinajstić information content (AvgIpc) is 2.73. The molecule has 0 aromatic heterocycles. The number of carbonyl (C=O) groups excluding carboxylic acids is 2. The van der Waals surface area contributed by atoms with E-state index in [1.54, 1.807) is 18.2 Å². The lowest BCUT2D eigenvalue weighted by Gasteiger charge is -2.35. The molecule has 2 amide bonds. The minimum absolute atomic E-state index is 0.0330. The number of methoxy groups -OCH3 is 1. The summed E-state index contributed by atoms with van der Waals surface area (Å²) in [6.45, 7) is 4.01. The van der Waals surface area contributed by atoms with Gasteiger partial charge in [0.25, 0.3) is 0 Å². The van der Waals surface area contributed by atoms with Crippen molar-refractivity contribution in [3.05, 3.63) is 23.8 Å². The van der Waals surface area contributed by atoms with Gasteiger partial charge in [0.15, 0.2) is 11.5 Å². The Hall–Kier alpha value is -2.24. The number of hydrogen-bond donors (Lipinski definition) is 2. The third kappa shape index (κ3) is 4.97. The van der Waals surface area contributed by atoms with Crippen LogP contribution >= 0.6 is 0 Å². The molecule has 1 aliphatic heterocycles. The fraction of sp³-hybridized carbons (Fsp3) is 0.636. The molecule has 1 aromatic carbocycles. The largest absolute Gasteiger partial charge is 0.504 e. The molecule has 2 aliphatic rings. The second-order valence-corrected chi connectivity index (χ2v) is 8.28. The molecular weight excluding hydrogens is 356 g/mol. The van der Waals surface area contributed by atoms with E-state index in [0.717, 1.165) is 50.0 Å². The Morgan fingerprint density at radius 3 is 2.43 bits per heavy atom. The molecule has 6 nitrogen and oxygen atoms in total. The molecule has 28 heavy (non-hydrogen) atoms. The number of ether oxygens (including phenoxy) is 1. The summed E-state index contributed by atoms with van der Waals surface area (Å²) in [5.74, 6) is 1.69. The van der Waals surface area contributed by atoms with E-state index in [1.807, 2.05) is 4.90 Å². The lowest BCUT2D eigenvalue weighted by atomic mass is 9.82. The molecule has 2 N–H and O–H groups in total. The molecule has 6 heteroatoms. The third-order valence-corrected chi connectivity index (χ3v) is 6.25. The normalized spacial score (nSPS) is 23.3. The SMILES string of the molecule is COc1cc(CNC(=O)C2CCN(C(=O)C3CCC(C)CC3)CC2)ccc1O. The van der Waals surface area contributed by atoms with Gasteiger partial charge in [0.1, 0.15) is 0 Å². The lowest BCUT2D eigenvalue weighted by molar-refractivity contribution is -0.140. The topological polar surface area (TPSA) is 78.9 Å². The van der Waals surface area contributed by atoms with Crippen LogP contribution < -0.4 is 10.1 Å². The molecule has 2 fully saturated rings. The molecule has 0 bridgehead atoms. The number of piperidine rings is 1. The molecule has 1 saturated carbocycles. The monoisotopic (exact) mass is 388 g/mol. The number of phenols is 1. The molecule has 1 aliphatic carbocycles. The number of rotatable bonds is 5. The summed E-state index contributed by atoms with van der Waals surface area (Å²) in [5, 5.41) is 12.6. The average molecular weight is 389 g/mol. The van der Waals surface area contributed by atoms with Gasteiger partial charge in [0.2, 0.25) is 11.8 Å². The minimum Gasteiger partial charge on any atom is -0.504 e. The minimum atomic E-state index is -0.0468. The number of likely N-dealkylation sites (tertiary alicyclic amines) is 1. The van der Waals surface area contributed by atoms with Gasteiger partial charge < -0.3 is 20.1 Å². The first-order valence-electron chi connectivity index (χ1n) is 10.4. The summed E-state index contributed by atoms with van der Waals surface area (Å²) < 4.78 is 5.10. The summed E-state index contributed by atoms with van der Waals surface area (Å²) >= 11 is 0. The van der Waals surface area contributed by atoms with Crippen LogP contribution in [0.2, 0.25) is 0 Å². The van der Waals surface area contributed by atoms with Crippen LogP contribution in [0.4, 0.5) is 0 Å². The van der Waals surface area contributed by atoms with Gasteiger partial charge in [-0.2, -0.15) is 0 Å². The number of carbonyl (C=O) groups is 2. The highest BCUT2D eigenvalue weighted by molar-refractivity contribution is 5.81. The van der Waals surface area contributed by atoms with Gasteiger partial charge in [-0.25, -0.2) is 0 Å². The molecule has 154 valence electrons. The number of aromatic hydroxyl groups is 1. The van der Waals surface area contributed by atoms with Crippen LogP contribution in [0.15, 0.2) is 18.2 Å². The zero-order valence-corrected chi connectivity index (χ0v) is 16.9. The summed E-state index contributed by atoms with van der Waals surface area (Å²) in [6, 6.07) is 5.06. The number of hydrogen-bond acceptors (Lipinski definition) is 4. The molecule has 1 saturated heterocycles. The maximum absolute atomic E-state index is 12.7. The highest BCUT2D eigenvalue weighted by atomic mass is 16.5. The van der Waals surface area contributed by atoms with Gasteiger partial charge in [-0.15, -0.1) is 0 Å². The smallest absolute Gasteiger partial charge is 0.225 e. The second-order valence-electron chi connectivity index (χ2n) is 8.28. The first-order valence-corrected chi connectivity index (χ1v) is 10.4. The van der Waals surface area contributed by atoms with Crippen molar-refractivity contribution in [1.82, 2.24) is 10.2 Å². The molecule has 0 spiro atoms. The maximum atomic E-state index is 12.7. The van der Waals surface area contributed by atoms with E-state index in [2.05, 4.69) is 12.2 Å². The number of nitrogens with zero attached hydrogens (tertiary/aromatic N) is 1. The van der Waals surface area contributed by atoms with Crippen LogP contribution in [0.5, 0.6) is 11.5 Å². The predicted octanol–water partition coefficient (Wildman–Crippen LogP) is 3.08. The van der Waals surface area contributed by atoms with Crippen LogP contribution in [0.25, 0.3) is 0 Å². The molecule has 1 aromatic rings. The molecule has 0 radical (unpaired) electrons. The van der Waals surface area contributed by atoms with Crippen LogP contribution in [0, 0.1) is 17.8 Å². The molecule has 0 unspecified atom stereocenters. The summed E-state index contributed by atoms with van der Waals surface area (Å²) in [7, 11) is 1.50. The standard InChI is InChI=1S/C22H32N2O4/c1-15-3-6-18(7-4-15)22(27)24-11-9-17(10-12-24)21(26)23-14-16-5-8-19(25)20(13-16)28-2/h5,8,13,15,17-18,25H,3-4,6-7,9-12,14H2,1-2H3,(H,23,26). The van der Waals surface area contributed by atoms with E-state index in [9.17, 15) is 14.7 Å². The van der Waals surface area contributed by atoms with E-state index in [0.29, 0.717) is 31.3 Å². The van der Waals surface area contributed by atoms with Crippen molar-refractivity contribution in [2.75, 3.05) is 20.2 Å². The number of nitrogens with one attached hydrogen (secondary N) is 1. The summed E-state index contributed by atoms with van der Waals surface area (Å²) in [6.07, 6.45) is 5.76. The van der Waals surface area contributed by atoms with E-state index in [-0.39, 0.29) is 23.5 Å². The van der Waals surface area contributed by atoms with Crippen molar-refractivity contribution in [1.29, 1.82) is 0 Å². The Kier molecular flexibility index (Phi) is 6.81. The zero-order valence-electron chi connectivity index (χ0n) is 16.9. The Balaban J connectivity index is 1.44. The fourth-order valence-electron chi connectivity index (χ4n) is 4.29. The summed E-state index contributed by atoms with van der Waals surface area (Å²) in [5.41, 5.74) is 0.877. The highest BCUT2D eigenvalue weighted by Gasteiger charge is 2.32. The van der Waals surface area contributed by atoms with E-state index >= 15 is 0 Å². The van der Waals surface area contributed by atoms with Crippen molar-refractivity contribution in [2.24, 2.45) is 17.8 Å². The van der Waals surface area contributed by atoms with Crippen LogP contribution in [0.3, 0.4) is 0 Å². The van der Waals surface area contributed by atoms with Crippen LogP contribution in [0.1, 0.15) is 51.0 Å². The van der Waals surface area contributed by atoms with Gasteiger partial charge in [0.05, 0.1) is 7.11 Å². The van der Waals surface area contributed by atoms with Crippen molar-refractivity contribution in [3.8, 4) is 11.5 Å². The van der Waals surface area contributed by atoms with Gasteiger partial charge in [-0.3, -0.25) is 9.59 Å². The molecule has 3 rings (SSSR count). The maximum Gasteiger partial charge on any atom is 0.225 e. The number of phenolic OH excluding ortho intramolecular Hbond substituents is 1. The Labute approximate surface area is 167 Å². The van der Waals surface area contributed by atoms with Crippen LogP contribution in [-0.2, 0) is 16.1 Å². The first kappa shape index (κ1) is 20.5.